The third kappa shape index (κ3) is 4.34. The Labute approximate surface area is 190 Å². The van der Waals surface area contributed by atoms with Crippen molar-refractivity contribution < 1.29 is 0 Å². The quantitative estimate of drug-likeness (QED) is 0.438. The van der Waals surface area contributed by atoms with Gasteiger partial charge in [-0.1, -0.05) is 6.07 Å². The zero-order valence-electron chi connectivity index (χ0n) is 17.8. The lowest BCUT2D eigenvalue weighted by Gasteiger charge is -2.09. The van der Waals surface area contributed by atoms with E-state index in [0.29, 0.717) is 29.4 Å². The van der Waals surface area contributed by atoms with Gasteiger partial charge in [-0.25, -0.2) is 9.97 Å². The maximum atomic E-state index is 9.63. The van der Waals surface area contributed by atoms with Gasteiger partial charge >= 0.3 is 0 Å². The van der Waals surface area contributed by atoms with Gasteiger partial charge in [-0.2, -0.15) is 5.26 Å². The van der Waals surface area contributed by atoms with Crippen molar-refractivity contribution >= 4 is 16.9 Å². The Morgan fingerprint density at radius 2 is 1.79 bits per heavy atom. The highest BCUT2D eigenvalue weighted by molar-refractivity contribution is 5.81. The number of pyridine rings is 4. The SMILES string of the molecule is Cc1cc(-c2ncc(CNc3nccc(-c4cc5cccnc5cn4)n3)cc2C#N)ccn1. The first-order valence-corrected chi connectivity index (χ1v) is 10.3. The Balaban J connectivity index is 1.36. The van der Waals surface area contributed by atoms with Gasteiger partial charge in [0.1, 0.15) is 6.07 Å². The maximum absolute atomic E-state index is 9.63. The molecule has 0 saturated heterocycles. The molecule has 0 bridgehead atoms. The van der Waals surface area contributed by atoms with Gasteiger partial charge in [0.2, 0.25) is 5.95 Å². The predicted octanol–water partition coefficient (Wildman–Crippen LogP) is 4.34. The molecule has 0 aromatic carbocycles. The summed E-state index contributed by atoms with van der Waals surface area (Å²) in [4.78, 5) is 26.4. The minimum absolute atomic E-state index is 0.426. The van der Waals surface area contributed by atoms with Crippen LogP contribution in [0, 0.1) is 18.3 Å². The second-order valence-corrected chi connectivity index (χ2v) is 7.42. The highest BCUT2D eigenvalue weighted by atomic mass is 15.1. The number of nitriles is 1. The van der Waals surface area contributed by atoms with Crippen LogP contribution in [0.4, 0.5) is 5.95 Å². The highest BCUT2D eigenvalue weighted by Gasteiger charge is 2.10. The molecule has 8 heteroatoms. The van der Waals surface area contributed by atoms with E-state index < -0.39 is 0 Å². The van der Waals surface area contributed by atoms with Gasteiger partial charge in [0, 0.05) is 48.0 Å². The van der Waals surface area contributed by atoms with Crippen LogP contribution in [0.3, 0.4) is 0 Å². The lowest BCUT2D eigenvalue weighted by molar-refractivity contribution is 1.04. The minimum atomic E-state index is 0.426. The van der Waals surface area contributed by atoms with Crippen molar-refractivity contribution in [3.8, 4) is 28.7 Å². The molecule has 0 aliphatic heterocycles. The summed E-state index contributed by atoms with van der Waals surface area (Å²) < 4.78 is 0. The van der Waals surface area contributed by atoms with Crippen molar-refractivity contribution in [1.29, 1.82) is 5.26 Å². The first kappa shape index (κ1) is 20.2. The summed E-state index contributed by atoms with van der Waals surface area (Å²) in [6, 6.07) is 15.5. The molecule has 158 valence electrons. The molecule has 5 heterocycles. The molecule has 0 radical (unpaired) electrons. The molecule has 1 N–H and O–H groups in total. The van der Waals surface area contributed by atoms with Crippen LogP contribution in [0.5, 0.6) is 0 Å². The molecule has 33 heavy (non-hydrogen) atoms. The fraction of sp³-hybridized carbons (Fsp3) is 0.0800. The predicted molar refractivity (Wildman–Crippen MR) is 125 cm³/mol. The van der Waals surface area contributed by atoms with Crippen molar-refractivity contribution in [3.63, 3.8) is 0 Å². The Bertz CT molecular complexity index is 1510. The third-order valence-corrected chi connectivity index (χ3v) is 5.09. The van der Waals surface area contributed by atoms with E-state index in [1.54, 1.807) is 31.0 Å². The van der Waals surface area contributed by atoms with Crippen LogP contribution in [0.2, 0.25) is 0 Å². The zero-order chi connectivity index (χ0) is 22.6. The Morgan fingerprint density at radius 1 is 0.879 bits per heavy atom. The number of nitrogens with one attached hydrogen (secondary N) is 1. The van der Waals surface area contributed by atoms with Crippen molar-refractivity contribution in [2.24, 2.45) is 0 Å². The topological polar surface area (TPSA) is 113 Å². The van der Waals surface area contributed by atoms with Gasteiger partial charge in [0.25, 0.3) is 0 Å². The summed E-state index contributed by atoms with van der Waals surface area (Å²) in [5, 5.41) is 13.8. The summed E-state index contributed by atoms with van der Waals surface area (Å²) in [5.41, 5.74) is 6.02. The first-order chi connectivity index (χ1) is 16.2. The van der Waals surface area contributed by atoms with Gasteiger partial charge in [0.05, 0.1) is 34.4 Å². The van der Waals surface area contributed by atoms with Gasteiger partial charge < -0.3 is 5.32 Å². The van der Waals surface area contributed by atoms with Crippen LogP contribution >= 0.6 is 0 Å². The fourth-order valence-corrected chi connectivity index (χ4v) is 3.50. The molecule has 0 saturated carbocycles. The monoisotopic (exact) mass is 430 g/mol. The van der Waals surface area contributed by atoms with Gasteiger partial charge in [-0.15, -0.1) is 0 Å². The number of anilines is 1. The summed E-state index contributed by atoms with van der Waals surface area (Å²) in [7, 11) is 0. The number of aromatic nitrogens is 6. The normalized spacial score (nSPS) is 10.7. The van der Waals surface area contributed by atoms with Crippen molar-refractivity contribution in [3.05, 3.63) is 90.3 Å². The number of rotatable bonds is 5. The Kier molecular flexibility index (Phi) is 5.35. The molecule has 0 fully saturated rings. The van der Waals surface area contributed by atoms with Gasteiger partial charge in [0.15, 0.2) is 0 Å². The van der Waals surface area contributed by atoms with Gasteiger partial charge in [-0.3, -0.25) is 19.9 Å². The highest BCUT2D eigenvalue weighted by Crippen LogP contribution is 2.23. The maximum Gasteiger partial charge on any atom is 0.223 e. The number of hydrogen-bond acceptors (Lipinski definition) is 8. The second-order valence-electron chi connectivity index (χ2n) is 7.42. The summed E-state index contributed by atoms with van der Waals surface area (Å²) in [6.07, 6.45) is 8.64. The molecule has 0 amide bonds. The summed E-state index contributed by atoms with van der Waals surface area (Å²) in [5.74, 6) is 0.466. The molecule has 5 rings (SSSR count). The lowest BCUT2D eigenvalue weighted by Crippen LogP contribution is -2.05. The number of nitrogens with zero attached hydrogens (tertiary/aromatic N) is 7. The van der Waals surface area contributed by atoms with Crippen LogP contribution in [0.15, 0.2) is 73.4 Å². The van der Waals surface area contributed by atoms with E-state index in [4.69, 9.17) is 0 Å². The molecule has 0 aliphatic rings. The molecule has 8 nitrogen and oxygen atoms in total. The second kappa shape index (κ2) is 8.77. The third-order valence-electron chi connectivity index (χ3n) is 5.09. The van der Waals surface area contributed by atoms with Crippen LogP contribution in [-0.2, 0) is 6.54 Å². The van der Waals surface area contributed by atoms with E-state index in [1.165, 1.54) is 0 Å². The van der Waals surface area contributed by atoms with Crippen LogP contribution < -0.4 is 5.32 Å². The molecular weight excluding hydrogens is 412 g/mol. The van der Waals surface area contributed by atoms with Crippen molar-refractivity contribution in [1.82, 2.24) is 29.9 Å². The molecule has 5 aromatic rings. The average Bonchev–Trinajstić information content (AvgIpc) is 2.87. The van der Waals surface area contributed by atoms with E-state index in [1.807, 2.05) is 49.4 Å². The van der Waals surface area contributed by atoms with Gasteiger partial charge in [-0.05, 0) is 48.9 Å². The summed E-state index contributed by atoms with van der Waals surface area (Å²) >= 11 is 0. The van der Waals surface area contributed by atoms with E-state index in [-0.39, 0.29) is 0 Å². The molecular formula is C25H18N8. The molecule has 0 atom stereocenters. The Morgan fingerprint density at radius 3 is 2.67 bits per heavy atom. The molecule has 0 aliphatic carbocycles. The molecule has 0 spiro atoms. The number of fused-ring (bicyclic) bond motifs is 1. The number of aryl methyl sites for hydroxylation is 1. The average molecular weight is 430 g/mol. The van der Waals surface area contributed by atoms with Crippen LogP contribution in [-0.4, -0.2) is 29.9 Å². The fourth-order valence-electron chi connectivity index (χ4n) is 3.50. The minimum Gasteiger partial charge on any atom is -0.350 e. The van der Waals surface area contributed by atoms with E-state index in [0.717, 1.165) is 33.4 Å². The van der Waals surface area contributed by atoms with Crippen LogP contribution in [0.25, 0.3) is 33.5 Å². The zero-order valence-corrected chi connectivity index (χ0v) is 17.8. The molecule has 0 unspecified atom stereocenters. The smallest absolute Gasteiger partial charge is 0.223 e. The van der Waals surface area contributed by atoms with Crippen molar-refractivity contribution in [2.45, 2.75) is 13.5 Å². The summed E-state index contributed by atoms with van der Waals surface area (Å²) in [6.45, 7) is 2.34. The van der Waals surface area contributed by atoms with Crippen LogP contribution in [0.1, 0.15) is 16.8 Å². The number of hydrogen-bond donors (Lipinski definition) is 1. The van der Waals surface area contributed by atoms with Crippen molar-refractivity contribution in [2.75, 3.05) is 5.32 Å². The standard InChI is InChI=1S/C25H18N8/c1-16-9-19(4-7-27-16)24-20(12-26)10-17(13-31-24)14-32-25-29-8-5-21(33-25)22-11-18-3-2-6-28-23(18)15-30-22/h2-11,13,15H,14H2,1H3,(H,29,32,33). The molecule has 5 aromatic heterocycles. The largest absolute Gasteiger partial charge is 0.350 e. The Hall–Kier alpha value is -4.77. The van der Waals surface area contributed by atoms with E-state index in [9.17, 15) is 5.26 Å². The van der Waals surface area contributed by atoms with E-state index >= 15 is 0 Å². The lowest BCUT2D eigenvalue weighted by atomic mass is 10.1. The first-order valence-electron chi connectivity index (χ1n) is 10.3. The van der Waals surface area contributed by atoms with E-state index in [2.05, 4.69) is 41.3 Å².